The molecule has 0 aliphatic rings. The van der Waals surface area contributed by atoms with Gasteiger partial charge in [0.15, 0.2) is 0 Å². The number of fused-ring (bicyclic) bond motifs is 1. The van der Waals surface area contributed by atoms with Crippen LogP contribution in [-0.2, 0) is 6.54 Å². The standard InChI is InChI=1S/C16H18N4S/c1-11-8-12(2)20-10-13(19-16(20)18-11)9-17-14-6-4-5-7-15(14)21-3/h4-8,10,17H,9H2,1-3H3. The van der Waals surface area contributed by atoms with Crippen molar-refractivity contribution in [2.45, 2.75) is 25.3 Å². The summed E-state index contributed by atoms with van der Waals surface area (Å²) in [4.78, 5) is 10.3. The maximum Gasteiger partial charge on any atom is 0.234 e. The number of benzene rings is 1. The second kappa shape index (κ2) is 5.77. The number of aryl methyl sites for hydroxylation is 2. The van der Waals surface area contributed by atoms with Crippen LogP contribution in [-0.4, -0.2) is 20.6 Å². The topological polar surface area (TPSA) is 42.2 Å². The molecule has 4 nitrogen and oxygen atoms in total. The Kier molecular flexibility index (Phi) is 3.84. The van der Waals surface area contributed by atoms with Gasteiger partial charge in [-0.05, 0) is 38.3 Å². The van der Waals surface area contributed by atoms with Gasteiger partial charge in [0.05, 0.1) is 12.2 Å². The SMILES string of the molecule is CSc1ccccc1NCc1cn2c(C)cc(C)nc2n1. The second-order valence-electron chi connectivity index (χ2n) is 4.99. The van der Waals surface area contributed by atoms with Crippen molar-refractivity contribution in [3.8, 4) is 0 Å². The number of nitrogens with one attached hydrogen (secondary N) is 1. The van der Waals surface area contributed by atoms with Gasteiger partial charge in [0.25, 0.3) is 0 Å². The molecule has 2 heterocycles. The maximum absolute atomic E-state index is 4.59. The van der Waals surface area contributed by atoms with E-state index in [1.807, 2.05) is 23.6 Å². The highest BCUT2D eigenvalue weighted by molar-refractivity contribution is 7.98. The minimum atomic E-state index is 0.694. The number of anilines is 1. The molecule has 3 rings (SSSR count). The fraction of sp³-hybridized carbons (Fsp3) is 0.250. The van der Waals surface area contributed by atoms with E-state index >= 15 is 0 Å². The summed E-state index contributed by atoms with van der Waals surface area (Å²) >= 11 is 1.74. The van der Waals surface area contributed by atoms with E-state index in [9.17, 15) is 0 Å². The number of nitrogens with zero attached hydrogens (tertiary/aromatic N) is 3. The lowest BCUT2D eigenvalue weighted by molar-refractivity contribution is 1.01. The number of thioether (sulfide) groups is 1. The molecular weight excluding hydrogens is 280 g/mol. The van der Waals surface area contributed by atoms with Crippen LogP contribution < -0.4 is 5.32 Å². The van der Waals surface area contributed by atoms with Gasteiger partial charge >= 0.3 is 0 Å². The maximum atomic E-state index is 4.59. The molecular formula is C16H18N4S. The molecule has 0 spiro atoms. The first kappa shape index (κ1) is 13.9. The van der Waals surface area contributed by atoms with Crippen LogP contribution >= 0.6 is 11.8 Å². The zero-order valence-electron chi connectivity index (χ0n) is 12.4. The predicted molar refractivity (Wildman–Crippen MR) is 88.0 cm³/mol. The van der Waals surface area contributed by atoms with Crippen molar-refractivity contribution >= 4 is 23.2 Å². The minimum Gasteiger partial charge on any atom is -0.378 e. The third-order valence-electron chi connectivity index (χ3n) is 3.38. The highest BCUT2D eigenvalue weighted by Gasteiger charge is 2.06. The van der Waals surface area contributed by atoms with Gasteiger partial charge < -0.3 is 5.32 Å². The molecule has 0 unspecified atom stereocenters. The molecule has 1 N–H and O–H groups in total. The molecule has 0 saturated carbocycles. The van der Waals surface area contributed by atoms with Crippen molar-refractivity contribution in [1.29, 1.82) is 0 Å². The van der Waals surface area contributed by atoms with Crippen molar-refractivity contribution in [2.75, 3.05) is 11.6 Å². The Morgan fingerprint density at radius 3 is 2.81 bits per heavy atom. The summed E-state index contributed by atoms with van der Waals surface area (Å²) in [5.74, 6) is 0.766. The fourth-order valence-electron chi connectivity index (χ4n) is 2.38. The van der Waals surface area contributed by atoms with Crippen molar-refractivity contribution in [1.82, 2.24) is 14.4 Å². The third-order valence-corrected chi connectivity index (χ3v) is 4.17. The molecule has 2 aromatic heterocycles. The second-order valence-corrected chi connectivity index (χ2v) is 5.84. The van der Waals surface area contributed by atoms with Gasteiger partial charge in [-0.25, -0.2) is 9.97 Å². The van der Waals surface area contributed by atoms with E-state index in [2.05, 4.69) is 52.7 Å². The predicted octanol–water partition coefficient (Wildman–Crippen LogP) is 3.68. The molecule has 0 radical (unpaired) electrons. The van der Waals surface area contributed by atoms with Crippen LogP contribution in [0.25, 0.3) is 5.78 Å². The molecule has 0 fully saturated rings. The normalized spacial score (nSPS) is 11.0. The molecule has 0 amide bonds. The zero-order chi connectivity index (χ0) is 14.8. The number of imidazole rings is 1. The molecule has 1 aromatic carbocycles. The lowest BCUT2D eigenvalue weighted by Gasteiger charge is -2.08. The summed E-state index contributed by atoms with van der Waals surface area (Å²) in [5.41, 5.74) is 4.29. The fourth-order valence-corrected chi connectivity index (χ4v) is 2.95. The molecule has 21 heavy (non-hydrogen) atoms. The highest BCUT2D eigenvalue weighted by atomic mass is 32.2. The Bertz CT molecular complexity index is 779. The van der Waals surface area contributed by atoms with E-state index in [0.29, 0.717) is 6.54 Å². The third kappa shape index (κ3) is 2.88. The van der Waals surface area contributed by atoms with Gasteiger partial charge in [0, 0.05) is 28.2 Å². The Balaban J connectivity index is 1.84. The van der Waals surface area contributed by atoms with Crippen LogP contribution in [0.3, 0.4) is 0 Å². The molecule has 0 aliphatic carbocycles. The van der Waals surface area contributed by atoms with Gasteiger partial charge in [-0.1, -0.05) is 12.1 Å². The molecule has 0 atom stereocenters. The summed E-state index contributed by atoms with van der Waals surface area (Å²) < 4.78 is 2.03. The summed E-state index contributed by atoms with van der Waals surface area (Å²) in [6.07, 6.45) is 4.13. The van der Waals surface area contributed by atoms with Crippen LogP contribution in [0.1, 0.15) is 17.1 Å². The number of hydrogen-bond acceptors (Lipinski definition) is 4. The van der Waals surface area contributed by atoms with Gasteiger partial charge in [-0.15, -0.1) is 11.8 Å². The summed E-state index contributed by atoms with van der Waals surface area (Å²) in [6.45, 7) is 4.76. The van der Waals surface area contributed by atoms with Gasteiger partial charge in [-0.2, -0.15) is 0 Å². The van der Waals surface area contributed by atoms with Gasteiger partial charge in [-0.3, -0.25) is 4.40 Å². The van der Waals surface area contributed by atoms with E-state index in [1.54, 1.807) is 11.8 Å². The number of hydrogen-bond donors (Lipinski definition) is 1. The summed E-state index contributed by atoms with van der Waals surface area (Å²) in [7, 11) is 0. The molecule has 0 aliphatic heterocycles. The van der Waals surface area contributed by atoms with Crippen LogP contribution in [0, 0.1) is 13.8 Å². The van der Waals surface area contributed by atoms with Crippen LogP contribution in [0.2, 0.25) is 0 Å². The molecule has 3 aromatic rings. The number of aromatic nitrogens is 3. The van der Waals surface area contributed by atoms with Crippen molar-refractivity contribution in [3.05, 3.63) is 53.6 Å². The lowest BCUT2D eigenvalue weighted by atomic mass is 10.3. The van der Waals surface area contributed by atoms with E-state index in [4.69, 9.17) is 0 Å². The van der Waals surface area contributed by atoms with Crippen LogP contribution in [0.4, 0.5) is 5.69 Å². The Morgan fingerprint density at radius 2 is 2.00 bits per heavy atom. The first-order chi connectivity index (χ1) is 10.2. The molecule has 5 heteroatoms. The van der Waals surface area contributed by atoms with Crippen molar-refractivity contribution < 1.29 is 0 Å². The van der Waals surface area contributed by atoms with Crippen molar-refractivity contribution in [3.63, 3.8) is 0 Å². The number of rotatable bonds is 4. The number of para-hydroxylation sites is 1. The monoisotopic (exact) mass is 298 g/mol. The smallest absolute Gasteiger partial charge is 0.234 e. The lowest BCUT2D eigenvalue weighted by Crippen LogP contribution is -2.00. The molecule has 0 bridgehead atoms. The minimum absolute atomic E-state index is 0.694. The zero-order valence-corrected chi connectivity index (χ0v) is 13.2. The van der Waals surface area contributed by atoms with E-state index < -0.39 is 0 Å². The highest BCUT2D eigenvalue weighted by Crippen LogP contribution is 2.25. The van der Waals surface area contributed by atoms with Gasteiger partial charge in [0.1, 0.15) is 0 Å². The molecule has 0 saturated heterocycles. The Morgan fingerprint density at radius 1 is 1.19 bits per heavy atom. The largest absolute Gasteiger partial charge is 0.378 e. The average molecular weight is 298 g/mol. The summed E-state index contributed by atoms with van der Waals surface area (Å²) in [5, 5.41) is 3.45. The Hall–Kier alpha value is -2.01. The van der Waals surface area contributed by atoms with Gasteiger partial charge in [0.2, 0.25) is 5.78 Å². The van der Waals surface area contributed by atoms with Crippen LogP contribution in [0.5, 0.6) is 0 Å². The van der Waals surface area contributed by atoms with E-state index in [1.165, 1.54) is 4.90 Å². The Labute approximate surface area is 128 Å². The molecule has 108 valence electrons. The first-order valence-electron chi connectivity index (χ1n) is 6.86. The first-order valence-corrected chi connectivity index (χ1v) is 8.09. The van der Waals surface area contributed by atoms with E-state index in [-0.39, 0.29) is 0 Å². The van der Waals surface area contributed by atoms with Crippen LogP contribution in [0.15, 0.2) is 41.4 Å². The summed E-state index contributed by atoms with van der Waals surface area (Å²) in [6, 6.07) is 10.4. The van der Waals surface area contributed by atoms with E-state index in [0.717, 1.165) is 28.5 Å². The quantitative estimate of drug-likeness (QED) is 0.746. The average Bonchev–Trinajstić information content (AvgIpc) is 2.88. The van der Waals surface area contributed by atoms with Crippen molar-refractivity contribution in [2.24, 2.45) is 0 Å².